The summed E-state index contributed by atoms with van der Waals surface area (Å²) in [6, 6.07) is 4.51. The zero-order valence-electron chi connectivity index (χ0n) is 17.3. The lowest BCUT2D eigenvalue weighted by Crippen LogP contribution is -2.32. The first-order valence-corrected chi connectivity index (χ1v) is 10.9. The molecule has 1 aromatic carbocycles. The van der Waals surface area contributed by atoms with E-state index in [4.69, 9.17) is 0 Å². The zero-order chi connectivity index (χ0) is 22.8. The van der Waals surface area contributed by atoms with Crippen molar-refractivity contribution in [1.82, 2.24) is 24.5 Å². The van der Waals surface area contributed by atoms with Crippen LogP contribution in [0, 0.1) is 0 Å². The molecule has 1 amide bonds. The number of benzene rings is 1. The van der Waals surface area contributed by atoms with Crippen LogP contribution in [0.4, 0.5) is 5.95 Å². The summed E-state index contributed by atoms with van der Waals surface area (Å²) >= 11 is 3.26. The van der Waals surface area contributed by atoms with E-state index in [1.807, 2.05) is 0 Å². The van der Waals surface area contributed by atoms with Crippen molar-refractivity contribution in [3.63, 3.8) is 0 Å². The van der Waals surface area contributed by atoms with Crippen LogP contribution in [0.5, 0.6) is 5.75 Å². The fourth-order valence-corrected chi connectivity index (χ4v) is 4.07. The van der Waals surface area contributed by atoms with Gasteiger partial charge in [0.25, 0.3) is 11.5 Å². The zero-order valence-corrected chi connectivity index (χ0v) is 18.9. The lowest BCUT2D eigenvalue weighted by atomic mass is 10.1. The molecule has 0 spiro atoms. The SMILES string of the molecule is Cn1c(=O)[nH]c(=O)c2c1nc(N1CCCCC1)n2C/C=N\NC(=O)c1cc(Br)ccc1O. The molecule has 1 fully saturated rings. The Kier molecular flexibility index (Phi) is 6.12. The molecule has 4 rings (SSSR count). The number of aromatic hydroxyl groups is 1. The molecule has 12 heteroatoms. The molecule has 11 nitrogen and oxygen atoms in total. The minimum atomic E-state index is -0.577. The van der Waals surface area contributed by atoms with Gasteiger partial charge in [-0.25, -0.2) is 10.2 Å². The monoisotopic (exact) mass is 503 g/mol. The van der Waals surface area contributed by atoms with Crippen LogP contribution in [0.15, 0.2) is 37.4 Å². The molecule has 3 aromatic rings. The Morgan fingerprint density at radius 2 is 2.06 bits per heavy atom. The lowest BCUT2D eigenvalue weighted by Gasteiger charge is -2.27. The summed E-state index contributed by atoms with van der Waals surface area (Å²) in [5.74, 6) is -0.165. The number of fused-ring (bicyclic) bond motifs is 1. The first-order chi connectivity index (χ1) is 15.4. The van der Waals surface area contributed by atoms with Crippen LogP contribution in [0.3, 0.4) is 0 Å². The minimum absolute atomic E-state index is 0.0741. The number of hydrogen-bond donors (Lipinski definition) is 3. The van der Waals surface area contributed by atoms with Crippen LogP contribution < -0.4 is 21.6 Å². The molecule has 0 aliphatic carbocycles. The van der Waals surface area contributed by atoms with E-state index in [9.17, 15) is 19.5 Å². The standard InChI is InChI=1S/C20H22BrN7O4/c1-26-16-15(18(31)24-20(26)32)28(19(23-16)27-8-3-2-4-9-27)10-7-22-25-17(30)13-11-12(21)5-6-14(13)29/h5-7,11,29H,2-4,8-10H2,1H3,(H,25,30)(H,24,31,32)/b22-7-. The molecule has 32 heavy (non-hydrogen) atoms. The van der Waals surface area contributed by atoms with Gasteiger partial charge >= 0.3 is 5.69 Å². The van der Waals surface area contributed by atoms with Crippen molar-refractivity contribution in [3.05, 3.63) is 49.1 Å². The number of phenolic OH excluding ortho intramolecular Hbond substituents is 1. The maximum atomic E-state index is 12.6. The van der Waals surface area contributed by atoms with Gasteiger partial charge in [-0.2, -0.15) is 10.1 Å². The van der Waals surface area contributed by atoms with Gasteiger partial charge in [0.2, 0.25) is 5.95 Å². The third-order valence-electron chi connectivity index (χ3n) is 5.35. The topological polar surface area (TPSA) is 138 Å². The van der Waals surface area contributed by atoms with E-state index in [0.717, 1.165) is 32.4 Å². The summed E-state index contributed by atoms with van der Waals surface area (Å²) in [7, 11) is 1.55. The van der Waals surface area contributed by atoms with Gasteiger partial charge in [0, 0.05) is 30.8 Å². The molecule has 1 aliphatic heterocycles. The Hall–Kier alpha value is -3.41. The number of hydrogen-bond acceptors (Lipinski definition) is 7. The van der Waals surface area contributed by atoms with Gasteiger partial charge in [-0.15, -0.1) is 0 Å². The molecule has 0 saturated carbocycles. The summed E-state index contributed by atoms with van der Waals surface area (Å²) in [5.41, 5.74) is 1.93. The molecule has 3 heterocycles. The molecule has 0 atom stereocenters. The average molecular weight is 504 g/mol. The van der Waals surface area contributed by atoms with Crippen molar-refractivity contribution in [2.24, 2.45) is 12.1 Å². The number of phenols is 1. The second-order valence-electron chi connectivity index (χ2n) is 7.47. The number of H-pyrrole nitrogens is 1. The molecule has 0 bridgehead atoms. The molecule has 1 saturated heterocycles. The number of halogens is 1. The fourth-order valence-electron chi connectivity index (χ4n) is 3.71. The number of nitrogens with zero attached hydrogens (tertiary/aromatic N) is 5. The molecule has 2 aromatic heterocycles. The highest BCUT2D eigenvalue weighted by atomic mass is 79.9. The van der Waals surface area contributed by atoms with Gasteiger partial charge in [0.15, 0.2) is 11.2 Å². The van der Waals surface area contributed by atoms with Crippen molar-refractivity contribution in [2.75, 3.05) is 18.0 Å². The van der Waals surface area contributed by atoms with Gasteiger partial charge in [0.1, 0.15) is 5.75 Å². The van der Waals surface area contributed by atoms with E-state index in [1.165, 1.54) is 22.9 Å². The number of hydrazone groups is 1. The molecule has 3 N–H and O–H groups in total. The van der Waals surface area contributed by atoms with Crippen molar-refractivity contribution in [3.8, 4) is 5.75 Å². The van der Waals surface area contributed by atoms with Crippen LogP contribution >= 0.6 is 15.9 Å². The normalized spacial score (nSPS) is 14.4. The van der Waals surface area contributed by atoms with Gasteiger partial charge < -0.3 is 10.0 Å². The van der Waals surface area contributed by atoms with E-state index in [0.29, 0.717) is 10.4 Å². The number of amides is 1. The Labute approximate surface area is 190 Å². The fraction of sp³-hybridized carbons (Fsp3) is 0.350. The third-order valence-corrected chi connectivity index (χ3v) is 5.84. The second kappa shape index (κ2) is 8.99. The predicted molar refractivity (Wildman–Crippen MR) is 123 cm³/mol. The average Bonchev–Trinajstić information content (AvgIpc) is 3.17. The van der Waals surface area contributed by atoms with E-state index in [1.54, 1.807) is 17.7 Å². The number of carbonyl (C=O) groups excluding carboxylic acids is 1. The summed E-state index contributed by atoms with van der Waals surface area (Å²) in [4.78, 5) is 45.9. The Morgan fingerprint density at radius 1 is 1.31 bits per heavy atom. The van der Waals surface area contributed by atoms with Crippen LogP contribution in [-0.2, 0) is 13.6 Å². The lowest BCUT2D eigenvalue weighted by molar-refractivity contribution is 0.0952. The Bertz CT molecular complexity index is 1320. The minimum Gasteiger partial charge on any atom is -0.507 e. The smallest absolute Gasteiger partial charge is 0.329 e. The van der Waals surface area contributed by atoms with Crippen LogP contribution in [0.25, 0.3) is 11.2 Å². The molecular formula is C20H22BrN7O4. The van der Waals surface area contributed by atoms with Gasteiger partial charge in [-0.3, -0.25) is 23.7 Å². The Morgan fingerprint density at radius 3 is 2.81 bits per heavy atom. The molecule has 0 unspecified atom stereocenters. The largest absolute Gasteiger partial charge is 0.507 e. The number of anilines is 1. The summed E-state index contributed by atoms with van der Waals surface area (Å²) in [5, 5.41) is 13.8. The van der Waals surface area contributed by atoms with E-state index in [2.05, 4.69) is 41.3 Å². The highest BCUT2D eigenvalue weighted by Gasteiger charge is 2.22. The molecule has 168 valence electrons. The maximum absolute atomic E-state index is 12.6. The van der Waals surface area contributed by atoms with E-state index >= 15 is 0 Å². The first kappa shape index (κ1) is 21.8. The number of imidazole rings is 1. The molecule has 0 radical (unpaired) electrons. The summed E-state index contributed by atoms with van der Waals surface area (Å²) in [6.07, 6.45) is 4.59. The quantitative estimate of drug-likeness (QED) is 0.354. The maximum Gasteiger partial charge on any atom is 0.329 e. The van der Waals surface area contributed by atoms with E-state index in [-0.39, 0.29) is 29.0 Å². The summed E-state index contributed by atoms with van der Waals surface area (Å²) < 4.78 is 3.63. The number of nitrogens with one attached hydrogen (secondary N) is 2. The number of aromatic nitrogens is 4. The number of aryl methyl sites for hydroxylation is 1. The summed E-state index contributed by atoms with van der Waals surface area (Å²) in [6.45, 7) is 1.74. The van der Waals surface area contributed by atoms with Crippen molar-refractivity contribution >= 4 is 45.2 Å². The number of piperidine rings is 1. The second-order valence-corrected chi connectivity index (χ2v) is 8.39. The predicted octanol–water partition coefficient (Wildman–Crippen LogP) is 1.30. The van der Waals surface area contributed by atoms with Crippen molar-refractivity contribution < 1.29 is 9.90 Å². The number of carbonyl (C=O) groups is 1. The van der Waals surface area contributed by atoms with Crippen LogP contribution in [-0.4, -0.2) is 49.4 Å². The molecule has 1 aliphatic rings. The van der Waals surface area contributed by atoms with Crippen molar-refractivity contribution in [1.29, 1.82) is 0 Å². The van der Waals surface area contributed by atoms with Crippen LogP contribution in [0.1, 0.15) is 29.6 Å². The molecular weight excluding hydrogens is 482 g/mol. The van der Waals surface area contributed by atoms with Crippen molar-refractivity contribution in [2.45, 2.75) is 25.8 Å². The third kappa shape index (κ3) is 4.17. The van der Waals surface area contributed by atoms with Gasteiger partial charge in [0.05, 0.1) is 12.1 Å². The highest BCUT2D eigenvalue weighted by Crippen LogP contribution is 2.23. The van der Waals surface area contributed by atoms with Crippen LogP contribution in [0.2, 0.25) is 0 Å². The number of rotatable bonds is 5. The Balaban J connectivity index is 1.63. The van der Waals surface area contributed by atoms with E-state index < -0.39 is 17.2 Å². The van der Waals surface area contributed by atoms with Gasteiger partial charge in [-0.1, -0.05) is 15.9 Å². The number of aromatic amines is 1. The first-order valence-electron chi connectivity index (χ1n) is 10.1. The van der Waals surface area contributed by atoms with Gasteiger partial charge in [-0.05, 0) is 37.5 Å². The highest BCUT2D eigenvalue weighted by molar-refractivity contribution is 9.10.